The lowest BCUT2D eigenvalue weighted by Crippen LogP contribution is -2.30. The fraction of sp³-hybridized carbons (Fsp3) is 0.759. The molecule has 5 unspecified atom stereocenters. The fourth-order valence-corrected chi connectivity index (χ4v) is 12.5. The summed E-state index contributed by atoms with van der Waals surface area (Å²) in [6.07, 6.45) is 79.5. The molecule has 590 valence electrons. The molecule has 0 aliphatic rings. The Morgan fingerprint density at radius 3 is 0.824 bits per heavy atom. The van der Waals surface area contributed by atoms with Crippen molar-refractivity contribution in [2.75, 3.05) is 39.6 Å². The van der Waals surface area contributed by atoms with Crippen LogP contribution in [0.3, 0.4) is 0 Å². The van der Waals surface area contributed by atoms with Crippen LogP contribution in [0.15, 0.2) is 97.2 Å². The van der Waals surface area contributed by atoms with E-state index in [0.29, 0.717) is 25.7 Å². The number of carbonyl (C=O) groups excluding carboxylic acids is 4. The lowest BCUT2D eigenvalue weighted by Gasteiger charge is -2.21. The topological polar surface area (TPSA) is 237 Å². The third kappa shape index (κ3) is 74.3. The predicted molar refractivity (Wildman–Crippen MR) is 418 cm³/mol. The van der Waals surface area contributed by atoms with Crippen LogP contribution in [0.4, 0.5) is 0 Å². The first-order valence-electron chi connectivity index (χ1n) is 40.5. The smallest absolute Gasteiger partial charge is 0.462 e. The molecule has 0 aromatic rings. The molecule has 102 heavy (non-hydrogen) atoms. The number of aliphatic hydroxyl groups excluding tert-OH is 1. The van der Waals surface area contributed by atoms with Gasteiger partial charge in [0.2, 0.25) is 0 Å². The molecule has 17 nitrogen and oxygen atoms in total. The Kier molecular flexibility index (Phi) is 72.3. The molecular formula is C83H146O17P2. The highest BCUT2D eigenvalue weighted by atomic mass is 31.2. The maximum absolute atomic E-state index is 13.1. The van der Waals surface area contributed by atoms with Gasteiger partial charge in [-0.3, -0.25) is 37.3 Å². The Bertz CT molecular complexity index is 2310. The molecule has 0 saturated heterocycles. The molecule has 0 spiro atoms. The van der Waals surface area contributed by atoms with Crippen LogP contribution in [0.1, 0.15) is 349 Å². The van der Waals surface area contributed by atoms with E-state index in [1.54, 1.807) is 0 Å². The zero-order chi connectivity index (χ0) is 74.6. The lowest BCUT2D eigenvalue weighted by atomic mass is 10.0. The van der Waals surface area contributed by atoms with Crippen molar-refractivity contribution in [3.05, 3.63) is 97.2 Å². The summed E-state index contributed by atoms with van der Waals surface area (Å²) in [5.41, 5.74) is 0. The number of allylic oxidation sites excluding steroid dienone is 16. The Morgan fingerprint density at radius 1 is 0.284 bits per heavy atom. The van der Waals surface area contributed by atoms with Gasteiger partial charge in [-0.25, -0.2) is 9.13 Å². The zero-order valence-corrected chi connectivity index (χ0v) is 66.3. The number of unbranched alkanes of at least 4 members (excludes halogenated alkanes) is 34. The number of carbonyl (C=O) groups is 4. The zero-order valence-electron chi connectivity index (χ0n) is 64.5. The SMILES string of the molecule is CC/C=C\C/C=C\C/C=C\C/C=C\CCCCCCCCC(=O)OCC(COP(=O)(O)OCC(O)COP(=O)(O)OCC(COC(=O)CCCCCCCCC/C=C\C/C=C\C/C=C\CC)OC(=O)CCCCCCCCCCCCCCCCC)OC(=O)CCCCCCC/C=C\CCCC. The van der Waals surface area contributed by atoms with Crippen molar-refractivity contribution in [3.8, 4) is 0 Å². The van der Waals surface area contributed by atoms with Crippen molar-refractivity contribution in [1.82, 2.24) is 0 Å². The molecule has 0 aliphatic heterocycles. The van der Waals surface area contributed by atoms with E-state index in [1.165, 1.54) is 77.0 Å². The molecule has 3 N–H and O–H groups in total. The number of hydrogen-bond acceptors (Lipinski definition) is 15. The van der Waals surface area contributed by atoms with Gasteiger partial charge in [-0.1, -0.05) is 305 Å². The van der Waals surface area contributed by atoms with E-state index in [0.717, 1.165) is 193 Å². The molecule has 0 rings (SSSR count). The number of phosphoric acid groups is 2. The van der Waals surface area contributed by atoms with Gasteiger partial charge in [-0.2, -0.15) is 0 Å². The summed E-state index contributed by atoms with van der Waals surface area (Å²) in [5, 5.41) is 10.6. The molecule has 0 amide bonds. The summed E-state index contributed by atoms with van der Waals surface area (Å²) in [7, 11) is -9.95. The number of ether oxygens (including phenoxy) is 4. The predicted octanol–water partition coefficient (Wildman–Crippen LogP) is 23.6. The summed E-state index contributed by atoms with van der Waals surface area (Å²) >= 11 is 0. The Balaban J connectivity index is 5.31. The van der Waals surface area contributed by atoms with Gasteiger partial charge in [0.05, 0.1) is 26.4 Å². The molecular weight excluding hydrogens is 1330 g/mol. The second-order valence-electron chi connectivity index (χ2n) is 27.0. The van der Waals surface area contributed by atoms with E-state index in [9.17, 15) is 43.2 Å². The number of hydrogen-bond donors (Lipinski definition) is 3. The molecule has 19 heteroatoms. The van der Waals surface area contributed by atoms with E-state index in [1.807, 2.05) is 0 Å². The van der Waals surface area contributed by atoms with Gasteiger partial charge >= 0.3 is 39.5 Å². The fourth-order valence-electron chi connectivity index (χ4n) is 10.9. The largest absolute Gasteiger partial charge is 0.472 e. The number of aliphatic hydroxyl groups is 1. The van der Waals surface area contributed by atoms with Gasteiger partial charge in [0.25, 0.3) is 0 Å². The van der Waals surface area contributed by atoms with Gasteiger partial charge in [-0.15, -0.1) is 0 Å². The van der Waals surface area contributed by atoms with Crippen LogP contribution in [0.5, 0.6) is 0 Å². The van der Waals surface area contributed by atoms with Gasteiger partial charge < -0.3 is 33.8 Å². The van der Waals surface area contributed by atoms with Crippen molar-refractivity contribution < 1.29 is 80.2 Å². The summed E-state index contributed by atoms with van der Waals surface area (Å²) in [6, 6.07) is 0. The van der Waals surface area contributed by atoms with E-state index in [-0.39, 0.29) is 25.7 Å². The second-order valence-corrected chi connectivity index (χ2v) is 29.9. The standard InChI is InChI=1S/C83H146O17P2/c1-5-9-13-17-21-25-29-32-35-37-38-40-43-45-49-52-56-60-64-68-80(85)93-73-78(99-82(87)69-65-61-57-53-47-28-24-20-16-12-8-4)75-97-101(89,90)95-71-77(84)72-96-102(91,92)98-76-79(100-83(88)70-66-62-58-54-50-46-41-34-31-27-23-19-15-11-7-3)74-94-81(86)67-63-59-55-51-48-44-42-39-36-33-30-26-22-18-14-10-6-2/h9-10,13-14,20-22,24-26,32-33,35-36,38,40,77-79,84H,5-8,11-12,15-19,23,27-31,34,37,39,41-76H2,1-4H3,(H,89,90)(H,91,92)/b13-9-,14-10-,24-20-,25-21-,26-22-,35-32-,36-33-,40-38-. The molecule has 0 aromatic heterocycles. The van der Waals surface area contributed by atoms with E-state index in [4.69, 9.17) is 37.0 Å². The van der Waals surface area contributed by atoms with Crippen LogP contribution >= 0.6 is 15.6 Å². The normalized spacial score (nSPS) is 14.4. The van der Waals surface area contributed by atoms with Gasteiger partial charge in [0.1, 0.15) is 19.3 Å². The molecule has 0 saturated carbocycles. The highest BCUT2D eigenvalue weighted by Gasteiger charge is 2.30. The second kappa shape index (κ2) is 75.2. The van der Waals surface area contributed by atoms with Crippen LogP contribution in [0, 0.1) is 0 Å². The first-order valence-corrected chi connectivity index (χ1v) is 43.5. The molecule has 0 heterocycles. The summed E-state index contributed by atoms with van der Waals surface area (Å²) < 4.78 is 68.6. The van der Waals surface area contributed by atoms with E-state index < -0.39 is 97.5 Å². The van der Waals surface area contributed by atoms with Crippen LogP contribution in [0.25, 0.3) is 0 Å². The van der Waals surface area contributed by atoms with Crippen molar-refractivity contribution in [2.45, 2.75) is 367 Å². The highest BCUT2D eigenvalue weighted by molar-refractivity contribution is 7.47. The highest BCUT2D eigenvalue weighted by Crippen LogP contribution is 2.45. The molecule has 0 aromatic carbocycles. The summed E-state index contributed by atoms with van der Waals surface area (Å²) in [6.45, 7) is 4.63. The third-order valence-corrected chi connectivity index (χ3v) is 18.9. The minimum absolute atomic E-state index is 0.0816. The molecule has 0 aliphatic carbocycles. The van der Waals surface area contributed by atoms with Gasteiger partial charge in [-0.05, 0) is 116 Å². The van der Waals surface area contributed by atoms with Crippen molar-refractivity contribution in [1.29, 1.82) is 0 Å². The molecule has 0 bridgehead atoms. The molecule has 5 atom stereocenters. The molecule has 0 fully saturated rings. The Labute approximate surface area is 620 Å². The summed E-state index contributed by atoms with van der Waals surface area (Å²) in [5.74, 6) is -2.19. The maximum atomic E-state index is 13.1. The Morgan fingerprint density at radius 2 is 0.520 bits per heavy atom. The van der Waals surface area contributed by atoms with Crippen molar-refractivity contribution >= 4 is 39.5 Å². The van der Waals surface area contributed by atoms with E-state index >= 15 is 0 Å². The van der Waals surface area contributed by atoms with E-state index in [2.05, 4.69) is 125 Å². The number of phosphoric ester groups is 2. The monoisotopic (exact) mass is 1480 g/mol. The average molecular weight is 1480 g/mol. The number of esters is 4. The molecule has 0 radical (unpaired) electrons. The minimum atomic E-state index is -4.98. The van der Waals surface area contributed by atoms with Gasteiger partial charge in [0.15, 0.2) is 12.2 Å². The third-order valence-electron chi connectivity index (χ3n) is 17.0. The number of rotatable bonds is 76. The average Bonchev–Trinajstić information content (AvgIpc) is 0.926. The van der Waals surface area contributed by atoms with Gasteiger partial charge in [0, 0.05) is 25.7 Å². The van der Waals surface area contributed by atoms with Crippen LogP contribution in [-0.2, 0) is 65.4 Å². The lowest BCUT2D eigenvalue weighted by molar-refractivity contribution is -0.161. The Hall–Kier alpha value is -4.02. The van der Waals surface area contributed by atoms with Crippen LogP contribution in [-0.4, -0.2) is 96.7 Å². The first-order chi connectivity index (χ1) is 49.7. The quantitative estimate of drug-likeness (QED) is 0.0169. The minimum Gasteiger partial charge on any atom is -0.462 e. The maximum Gasteiger partial charge on any atom is 0.472 e. The first kappa shape index (κ1) is 98.0. The van der Waals surface area contributed by atoms with Crippen molar-refractivity contribution in [2.24, 2.45) is 0 Å². The van der Waals surface area contributed by atoms with Crippen LogP contribution in [0.2, 0.25) is 0 Å². The summed E-state index contributed by atoms with van der Waals surface area (Å²) in [4.78, 5) is 73.0. The van der Waals surface area contributed by atoms with Crippen molar-refractivity contribution in [3.63, 3.8) is 0 Å². The van der Waals surface area contributed by atoms with Crippen LogP contribution < -0.4 is 0 Å².